The quantitative estimate of drug-likeness (QED) is 0.793. The fourth-order valence-electron chi connectivity index (χ4n) is 2.02. The highest BCUT2D eigenvalue weighted by Crippen LogP contribution is 2.40. The Morgan fingerprint density at radius 2 is 2.29 bits per heavy atom. The number of aliphatic hydroxyl groups excluding tert-OH is 1. The molecule has 17 heavy (non-hydrogen) atoms. The number of hydrogen-bond acceptors (Lipinski definition) is 3. The van der Waals surface area contributed by atoms with Gasteiger partial charge in [0.25, 0.3) is 0 Å². The molecule has 0 radical (unpaired) electrons. The van der Waals surface area contributed by atoms with E-state index in [2.05, 4.69) is 0 Å². The highest BCUT2D eigenvalue weighted by atomic mass is 16.5. The number of aliphatic hydroxyl groups is 1. The van der Waals surface area contributed by atoms with E-state index in [1.807, 2.05) is 31.2 Å². The predicted octanol–water partition coefficient (Wildman–Crippen LogP) is 2.06. The Hall–Kier alpha value is -1.35. The van der Waals surface area contributed by atoms with Gasteiger partial charge in [0.15, 0.2) is 0 Å². The van der Waals surface area contributed by atoms with Crippen molar-refractivity contribution >= 4 is 5.97 Å². The molecule has 1 aromatic rings. The number of hydrogen-bond donors (Lipinski definition) is 1. The number of carbonyl (C=O) groups is 1. The Labute approximate surface area is 101 Å². The van der Waals surface area contributed by atoms with Crippen molar-refractivity contribution in [1.29, 1.82) is 0 Å². The molecule has 1 aliphatic rings. The molecular weight excluding hydrogens is 216 g/mol. The van der Waals surface area contributed by atoms with E-state index in [0.717, 1.165) is 12.0 Å². The molecule has 2 rings (SSSR count). The third kappa shape index (κ3) is 3.56. The van der Waals surface area contributed by atoms with E-state index in [0.29, 0.717) is 24.9 Å². The molecular formula is C14H18O3. The van der Waals surface area contributed by atoms with Gasteiger partial charge in [-0.15, -0.1) is 0 Å². The van der Waals surface area contributed by atoms with Crippen LogP contribution >= 0.6 is 0 Å². The Morgan fingerprint density at radius 3 is 2.94 bits per heavy atom. The summed E-state index contributed by atoms with van der Waals surface area (Å²) in [6.45, 7) is 2.55. The van der Waals surface area contributed by atoms with Gasteiger partial charge < -0.3 is 9.84 Å². The standard InChI is InChI=1S/C14H18O3/c1-10-3-2-4-11(5-10)9-17-14(16)7-12-6-13(12)8-15/h2-5,12-13,15H,6-9H2,1H3/t12-,13-/m1/s1. The summed E-state index contributed by atoms with van der Waals surface area (Å²) in [5, 5.41) is 8.88. The number of esters is 1. The molecule has 0 aromatic heterocycles. The van der Waals surface area contributed by atoms with Crippen molar-refractivity contribution in [3.05, 3.63) is 35.4 Å². The van der Waals surface area contributed by atoms with Crippen LogP contribution in [0.3, 0.4) is 0 Å². The molecule has 0 bridgehead atoms. The fraction of sp³-hybridized carbons (Fsp3) is 0.500. The molecule has 0 unspecified atom stereocenters. The zero-order valence-electron chi connectivity index (χ0n) is 10.1. The van der Waals surface area contributed by atoms with Crippen molar-refractivity contribution < 1.29 is 14.6 Å². The van der Waals surface area contributed by atoms with E-state index in [1.165, 1.54) is 5.56 Å². The fourth-order valence-corrected chi connectivity index (χ4v) is 2.02. The van der Waals surface area contributed by atoms with Crippen molar-refractivity contribution in [2.75, 3.05) is 6.61 Å². The lowest BCUT2D eigenvalue weighted by molar-refractivity contribution is -0.145. The lowest BCUT2D eigenvalue weighted by Gasteiger charge is -2.05. The average Bonchev–Trinajstić information content (AvgIpc) is 3.05. The summed E-state index contributed by atoms with van der Waals surface area (Å²) in [7, 11) is 0. The van der Waals surface area contributed by atoms with Gasteiger partial charge in [0.05, 0.1) is 0 Å². The first kappa shape index (κ1) is 12.1. The van der Waals surface area contributed by atoms with E-state index in [1.54, 1.807) is 0 Å². The zero-order valence-corrected chi connectivity index (χ0v) is 10.1. The van der Waals surface area contributed by atoms with Crippen LogP contribution in [0.2, 0.25) is 0 Å². The molecule has 3 heteroatoms. The number of aryl methyl sites for hydroxylation is 1. The lowest BCUT2D eigenvalue weighted by Crippen LogP contribution is -2.06. The summed E-state index contributed by atoms with van der Waals surface area (Å²) in [5.41, 5.74) is 2.19. The van der Waals surface area contributed by atoms with E-state index in [4.69, 9.17) is 9.84 Å². The van der Waals surface area contributed by atoms with Gasteiger partial charge >= 0.3 is 5.97 Å². The predicted molar refractivity (Wildman–Crippen MR) is 64.3 cm³/mol. The SMILES string of the molecule is Cc1cccc(COC(=O)C[C@H]2C[C@@H]2CO)c1. The highest BCUT2D eigenvalue weighted by Gasteiger charge is 2.38. The minimum atomic E-state index is -0.160. The topological polar surface area (TPSA) is 46.5 Å². The molecule has 1 aromatic carbocycles. The van der Waals surface area contributed by atoms with Crippen LogP contribution in [0.5, 0.6) is 0 Å². The maximum absolute atomic E-state index is 11.5. The lowest BCUT2D eigenvalue weighted by atomic mass is 10.1. The Balaban J connectivity index is 1.73. The Kier molecular flexibility index (Phi) is 3.79. The van der Waals surface area contributed by atoms with Gasteiger partial charge in [-0.1, -0.05) is 29.8 Å². The highest BCUT2D eigenvalue weighted by molar-refractivity contribution is 5.70. The number of carbonyl (C=O) groups excluding carboxylic acids is 1. The Bertz CT molecular complexity index is 400. The normalized spacial score (nSPS) is 22.2. The van der Waals surface area contributed by atoms with Gasteiger partial charge in [-0.2, -0.15) is 0 Å². The van der Waals surface area contributed by atoms with Crippen LogP contribution < -0.4 is 0 Å². The first-order valence-corrected chi connectivity index (χ1v) is 6.01. The summed E-state index contributed by atoms with van der Waals surface area (Å²) < 4.78 is 5.21. The van der Waals surface area contributed by atoms with Crippen LogP contribution in [0.4, 0.5) is 0 Å². The third-order valence-corrected chi connectivity index (χ3v) is 3.21. The van der Waals surface area contributed by atoms with Crippen molar-refractivity contribution in [2.24, 2.45) is 11.8 Å². The molecule has 92 valence electrons. The van der Waals surface area contributed by atoms with Gasteiger partial charge in [0.1, 0.15) is 6.61 Å². The first-order valence-electron chi connectivity index (χ1n) is 6.01. The van der Waals surface area contributed by atoms with Crippen molar-refractivity contribution in [1.82, 2.24) is 0 Å². The van der Waals surface area contributed by atoms with Crippen LogP contribution in [0.15, 0.2) is 24.3 Å². The largest absolute Gasteiger partial charge is 0.461 e. The monoisotopic (exact) mass is 234 g/mol. The van der Waals surface area contributed by atoms with Crippen molar-refractivity contribution in [2.45, 2.75) is 26.4 Å². The average molecular weight is 234 g/mol. The summed E-state index contributed by atoms with van der Waals surface area (Å²) in [4.78, 5) is 11.5. The molecule has 1 fully saturated rings. The van der Waals surface area contributed by atoms with Crippen LogP contribution in [0, 0.1) is 18.8 Å². The van der Waals surface area contributed by atoms with Crippen LogP contribution in [0.25, 0.3) is 0 Å². The molecule has 1 N–H and O–H groups in total. The zero-order chi connectivity index (χ0) is 12.3. The molecule has 0 amide bonds. The minimum absolute atomic E-state index is 0.160. The molecule has 0 heterocycles. The van der Waals surface area contributed by atoms with Gasteiger partial charge in [-0.3, -0.25) is 4.79 Å². The number of rotatable bonds is 5. The van der Waals surface area contributed by atoms with Crippen LogP contribution in [-0.4, -0.2) is 17.7 Å². The molecule has 0 spiro atoms. The molecule has 2 atom stereocenters. The molecule has 1 aliphatic carbocycles. The van der Waals surface area contributed by atoms with Gasteiger partial charge in [0, 0.05) is 13.0 Å². The molecule has 0 aliphatic heterocycles. The maximum Gasteiger partial charge on any atom is 0.306 e. The summed E-state index contributed by atoms with van der Waals surface area (Å²) in [6.07, 6.45) is 1.40. The molecule has 3 nitrogen and oxygen atoms in total. The summed E-state index contributed by atoms with van der Waals surface area (Å²) in [6, 6.07) is 7.94. The van der Waals surface area contributed by atoms with Crippen LogP contribution in [0.1, 0.15) is 24.0 Å². The Morgan fingerprint density at radius 1 is 1.47 bits per heavy atom. The molecule has 0 saturated heterocycles. The smallest absolute Gasteiger partial charge is 0.306 e. The van der Waals surface area contributed by atoms with E-state index < -0.39 is 0 Å². The van der Waals surface area contributed by atoms with Crippen molar-refractivity contribution in [3.8, 4) is 0 Å². The van der Waals surface area contributed by atoms with E-state index >= 15 is 0 Å². The van der Waals surface area contributed by atoms with Crippen LogP contribution in [-0.2, 0) is 16.1 Å². The van der Waals surface area contributed by atoms with E-state index in [-0.39, 0.29) is 12.6 Å². The first-order chi connectivity index (χ1) is 8.19. The number of benzene rings is 1. The summed E-state index contributed by atoms with van der Waals surface area (Å²) >= 11 is 0. The molecule has 1 saturated carbocycles. The van der Waals surface area contributed by atoms with Gasteiger partial charge in [-0.25, -0.2) is 0 Å². The van der Waals surface area contributed by atoms with Crippen molar-refractivity contribution in [3.63, 3.8) is 0 Å². The number of ether oxygens (including phenoxy) is 1. The second kappa shape index (κ2) is 5.32. The van der Waals surface area contributed by atoms with E-state index in [9.17, 15) is 4.79 Å². The maximum atomic E-state index is 11.5. The minimum Gasteiger partial charge on any atom is -0.461 e. The summed E-state index contributed by atoms with van der Waals surface area (Å²) in [5.74, 6) is 0.499. The third-order valence-electron chi connectivity index (χ3n) is 3.21. The van der Waals surface area contributed by atoms with Gasteiger partial charge in [-0.05, 0) is 30.7 Å². The van der Waals surface area contributed by atoms with Gasteiger partial charge in [0.2, 0.25) is 0 Å². The second-order valence-electron chi connectivity index (χ2n) is 4.79. The second-order valence-corrected chi connectivity index (χ2v) is 4.79.